The van der Waals surface area contributed by atoms with Crippen LogP contribution in [-0.4, -0.2) is 15.3 Å². The lowest BCUT2D eigenvalue weighted by molar-refractivity contribution is 0.0779. The zero-order valence-corrected chi connectivity index (χ0v) is 18.2. The van der Waals surface area contributed by atoms with Crippen molar-refractivity contribution in [2.24, 2.45) is 5.92 Å². The van der Waals surface area contributed by atoms with Gasteiger partial charge in [-0.25, -0.2) is 18.5 Å². The van der Waals surface area contributed by atoms with Gasteiger partial charge in [0.1, 0.15) is 0 Å². The summed E-state index contributed by atoms with van der Waals surface area (Å²) in [5.74, 6) is 0.561. The number of furan rings is 1. The highest BCUT2D eigenvalue weighted by molar-refractivity contribution is 7.91. The Kier molecular flexibility index (Phi) is 5.06. The summed E-state index contributed by atoms with van der Waals surface area (Å²) in [6, 6.07) is 2.94. The zero-order valence-electron chi connectivity index (χ0n) is 18.3. The van der Waals surface area contributed by atoms with E-state index in [1.807, 2.05) is 6.07 Å². The molecule has 0 radical (unpaired) electrons. The van der Waals surface area contributed by atoms with Gasteiger partial charge in [-0.1, -0.05) is 31.4 Å². The summed E-state index contributed by atoms with van der Waals surface area (Å²) in [6.45, 7) is 3.10. The third kappa shape index (κ3) is 4.25. The van der Waals surface area contributed by atoms with E-state index in [2.05, 4.69) is 10.0 Å². The molecule has 1 heterocycles. The molecule has 0 saturated heterocycles. The maximum atomic E-state index is 12.8. The van der Waals surface area contributed by atoms with Gasteiger partial charge in [0.15, 0.2) is 9.92 Å². The van der Waals surface area contributed by atoms with Gasteiger partial charge < -0.3 is 14.8 Å². The number of anilines is 1. The Morgan fingerprint density at radius 2 is 2.17 bits per heavy atom. The molecule has 2 amide bonds. The second kappa shape index (κ2) is 7.74. The molecule has 2 aromatic rings. The number of nitrogens with one attached hydrogen (secondary N) is 3. The summed E-state index contributed by atoms with van der Waals surface area (Å²) < 4.78 is 36.7. The van der Waals surface area contributed by atoms with E-state index in [0.717, 1.165) is 55.2 Å². The van der Waals surface area contributed by atoms with Crippen LogP contribution in [0.25, 0.3) is 0 Å². The second-order valence-electron chi connectivity index (χ2n) is 8.83. The number of urea groups is 1. The first-order chi connectivity index (χ1) is 14.5. The van der Waals surface area contributed by atoms with Crippen LogP contribution >= 0.6 is 0 Å². The Morgan fingerprint density at radius 1 is 1.40 bits per heavy atom. The molecule has 30 heavy (non-hydrogen) atoms. The molecule has 4 N–H and O–H groups in total. The van der Waals surface area contributed by atoms with Gasteiger partial charge in [0.05, 0.1) is 13.2 Å². The van der Waals surface area contributed by atoms with Gasteiger partial charge in [0, 0.05) is 17.3 Å². The van der Waals surface area contributed by atoms with Gasteiger partial charge in [-0.3, -0.25) is 0 Å². The molecule has 0 aliphatic heterocycles. The van der Waals surface area contributed by atoms with Gasteiger partial charge in [-0.15, -0.1) is 0 Å². The number of hydrogen-bond donors (Lipinski definition) is 4. The molecule has 4 rings (SSSR count). The van der Waals surface area contributed by atoms with Crippen molar-refractivity contribution in [3.63, 3.8) is 0 Å². The molecule has 0 spiro atoms. The number of fused-ring (bicyclic) bond motifs is 1. The Morgan fingerprint density at radius 3 is 2.80 bits per heavy atom. The summed E-state index contributed by atoms with van der Waals surface area (Å²) in [5.41, 5.74) is 2.73. The van der Waals surface area contributed by atoms with Crippen LogP contribution in [0.5, 0.6) is 0 Å². The van der Waals surface area contributed by atoms with Crippen molar-refractivity contribution in [2.75, 3.05) is 5.32 Å². The van der Waals surface area contributed by atoms with Crippen LogP contribution in [0.1, 0.15) is 63.2 Å². The number of aliphatic hydroxyl groups is 1. The first kappa shape index (κ1) is 19.6. The molecule has 2 aliphatic rings. The fourth-order valence-corrected chi connectivity index (χ4v) is 4.94. The highest BCUT2D eigenvalue weighted by atomic mass is 32.2. The van der Waals surface area contributed by atoms with Crippen LogP contribution in [-0.2, 0) is 34.8 Å². The molecular weight excluding hydrogens is 402 g/mol. The summed E-state index contributed by atoms with van der Waals surface area (Å²) in [5, 5.41) is 12.7. The van der Waals surface area contributed by atoms with Crippen molar-refractivity contribution < 1.29 is 19.9 Å². The molecule has 1 aromatic heterocycles. The lowest BCUT2D eigenvalue weighted by atomic mass is 9.80. The number of carbonyl (C=O) groups excluding carboxylic acids is 1. The molecule has 1 aromatic carbocycles. The normalized spacial score (nSPS) is 18.8. The predicted molar refractivity (Wildman–Crippen MR) is 115 cm³/mol. The molecule has 0 bridgehead atoms. The minimum Gasteiger partial charge on any atom is -0.452 e. The minimum atomic E-state index is -3.75. The van der Waals surface area contributed by atoms with Crippen LogP contribution in [0.2, 0.25) is 0 Å². The fraction of sp³-hybridized carbons (Fsp3) is 0.500. The average molecular weight is 433 g/mol. The van der Waals surface area contributed by atoms with Crippen molar-refractivity contribution in [3.05, 3.63) is 46.7 Å². The Hall–Kier alpha value is -2.32. The van der Waals surface area contributed by atoms with E-state index in [1.165, 1.54) is 18.8 Å². The topological polar surface area (TPSA) is 115 Å². The first-order valence-corrected chi connectivity index (χ1v) is 11.9. The van der Waals surface area contributed by atoms with E-state index in [9.17, 15) is 14.1 Å². The maximum Gasteiger partial charge on any atom is 0.332 e. The van der Waals surface area contributed by atoms with Crippen molar-refractivity contribution in [2.45, 2.75) is 69.5 Å². The van der Waals surface area contributed by atoms with Gasteiger partial charge >= 0.3 is 6.03 Å². The number of benzene rings is 1. The zero-order chi connectivity index (χ0) is 22.4. The van der Waals surface area contributed by atoms with Gasteiger partial charge in [-0.2, -0.15) is 0 Å². The average Bonchev–Trinajstić information content (AvgIpc) is 3.30. The molecule has 162 valence electrons. The van der Waals surface area contributed by atoms with Gasteiger partial charge in [-0.05, 0) is 62.1 Å². The lowest BCUT2D eigenvalue weighted by Crippen LogP contribution is -2.34. The maximum absolute atomic E-state index is 12.8. The van der Waals surface area contributed by atoms with Crippen LogP contribution in [0, 0.1) is 10.7 Å². The Bertz CT molecular complexity index is 1110. The second-order valence-corrected chi connectivity index (χ2v) is 10.5. The van der Waals surface area contributed by atoms with Crippen molar-refractivity contribution in [1.29, 1.82) is 4.78 Å². The molecule has 1 atom stereocenters. The van der Waals surface area contributed by atoms with Gasteiger partial charge in [0.2, 0.25) is 5.09 Å². The number of rotatable bonds is 6. The van der Waals surface area contributed by atoms with E-state index >= 15 is 0 Å². The van der Waals surface area contributed by atoms with Crippen molar-refractivity contribution in [1.82, 2.24) is 4.72 Å². The Labute approximate surface area is 178 Å². The summed E-state index contributed by atoms with van der Waals surface area (Å²) in [6.07, 6.45) is 8.10. The van der Waals surface area contributed by atoms with Crippen molar-refractivity contribution in [3.8, 4) is 0 Å². The number of carbonyl (C=O) groups is 1. The van der Waals surface area contributed by atoms with E-state index in [0.29, 0.717) is 23.2 Å². The monoisotopic (exact) mass is 432 g/mol. The van der Waals surface area contributed by atoms with Crippen LogP contribution in [0.3, 0.4) is 0 Å². The predicted octanol–water partition coefficient (Wildman–Crippen LogP) is 4.48. The van der Waals surface area contributed by atoms with E-state index in [-0.39, 0.29) is 5.09 Å². The molecule has 8 heteroatoms. The molecule has 1 fully saturated rings. The smallest absolute Gasteiger partial charge is 0.332 e. The molecule has 1 saturated carbocycles. The largest absolute Gasteiger partial charge is 0.452 e. The SMILES string of the molecule is [2H]c1cc(CC2CCC2)c(NC(=O)NS(=N)(=O)c2cc(C(C)(C)O)co2)c2c1CCC2. The van der Waals surface area contributed by atoms with E-state index < -0.39 is 21.5 Å². The molecule has 7 nitrogen and oxygen atoms in total. The van der Waals surface area contributed by atoms with E-state index in [4.69, 9.17) is 10.6 Å². The quantitative estimate of drug-likeness (QED) is 0.538. The third-order valence-corrected chi connectivity index (χ3v) is 7.29. The van der Waals surface area contributed by atoms with Gasteiger partial charge in [0.25, 0.3) is 0 Å². The standard InChI is InChI=1S/C22H29N3O4S/c1-22(2,27)17-12-19(29-13-17)30(23,28)25-21(26)24-20-16(11-14-5-3-6-14)10-9-15-7-4-8-18(15)20/h9-10,12-14,27H,3-8,11H2,1-2H3,(H3,23,24,25,26,28)/i9D. The number of amides is 2. The third-order valence-electron chi connectivity index (χ3n) is 6.03. The van der Waals surface area contributed by atoms with Crippen LogP contribution < -0.4 is 10.0 Å². The van der Waals surface area contributed by atoms with Crippen LogP contribution in [0.15, 0.2) is 33.9 Å². The molecular formula is C22H29N3O4S. The van der Waals surface area contributed by atoms with Crippen LogP contribution in [0.4, 0.5) is 10.5 Å². The summed E-state index contributed by atoms with van der Waals surface area (Å²) in [7, 11) is -3.75. The fourth-order valence-electron chi connectivity index (χ4n) is 4.05. The summed E-state index contributed by atoms with van der Waals surface area (Å²) in [4.78, 5) is 12.8. The highest BCUT2D eigenvalue weighted by Crippen LogP contribution is 2.37. The number of hydrogen-bond acceptors (Lipinski definition) is 5. The minimum absolute atomic E-state index is 0.221. The first-order valence-electron chi connectivity index (χ1n) is 10.9. The molecule has 1 unspecified atom stereocenters. The molecule has 2 aliphatic carbocycles. The van der Waals surface area contributed by atoms with Crippen molar-refractivity contribution >= 4 is 21.6 Å². The Balaban J connectivity index is 1.57. The lowest BCUT2D eigenvalue weighted by Gasteiger charge is -2.27. The highest BCUT2D eigenvalue weighted by Gasteiger charge is 2.26. The van der Waals surface area contributed by atoms with E-state index in [1.54, 1.807) is 13.8 Å². The summed E-state index contributed by atoms with van der Waals surface area (Å²) >= 11 is 0.